The van der Waals surface area contributed by atoms with E-state index in [1.807, 2.05) is 0 Å². The number of nitrogens with two attached hydrogens (primary N) is 1. The Balaban J connectivity index is 0.981. The van der Waals surface area contributed by atoms with E-state index in [0.717, 1.165) is 16.7 Å². The van der Waals surface area contributed by atoms with Gasteiger partial charge in [0.05, 0.1) is 54.7 Å². The fourth-order valence-electron chi connectivity index (χ4n) is 7.90. The fraction of sp³-hybridized carbons (Fsp3) is 0.366. The summed E-state index contributed by atoms with van der Waals surface area (Å²) < 4.78 is 21.7. The molecule has 0 radical (unpaired) electrons. The van der Waals surface area contributed by atoms with Crippen LogP contribution in [0.1, 0.15) is 70.4 Å². The number of aliphatic hydroxyl groups excluding tert-OH is 1. The molecule has 2 aliphatic heterocycles. The van der Waals surface area contributed by atoms with Gasteiger partial charge in [0.25, 0.3) is 5.56 Å². The molecule has 2 aromatic heterocycles. The fourth-order valence-corrected chi connectivity index (χ4v) is 7.90. The molecule has 308 valence electrons. The van der Waals surface area contributed by atoms with Crippen molar-refractivity contribution in [3.63, 3.8) is 0 Å². The molecule has 17 nitrogen and oxygen atoms in total. The smallest absolute Gasteiger partial charge is 0.340 e. The lowest BCUT2D eigenvalue weighted by molar-refractivity contribution is -0.157. The second-order valence-electron chi connectivity index (χ2n) is 14.7. The summed E-state index contributed by atoms with van der Waals surface area (Å²) in [6, 6.07) is 10.3. The van der Waals surface area contributed by atoms with Crippen molar-refractivity contribution >= 4 is 46.4 Å². The first kappa shape index (κ1) is 40.7. The third kappa shape index (κ3) is 8.40. The van der Waals surface area contributed by atoms with E-state index in [0.29, 0.717) is 46.3 Å². The highest BCUT2D eigenvalue weighted by Crippen LogP contribution is 2.45. The maximum Gasteiger partial charge on any atom is 0.340 e. The molecule has 3 aliphatic rings. The lowest BCUT2D eigenvalue weighted by Gasteiger charge is -2.29. The number of cyclic esters (lactones) is 1. The van der Waals surface area contributed by atoms with E-state index < -0.39 is 65.7 Å². The molecule has 3 atom stereocenters. The van der Waals surface area contributed by atoms with E-state index in [-0.39, 0.29) is 69.1 Å². The molecule has 2 aromatic carbocycles. The van der Waals surface area contributed by atoms with E-state index in [2.05, 4.69) is 26.6 Å². The van der Waals surface area contributed by atoms with Crippen molar-refractivity contribution in [2.75, 3.05) is 26.2 Å². The second kappa shape index (κ2) is 17.1. The van der Waals surface area contributed by atoms with Gasteiger partial charge < -0.3 is 46.7 Å². The van der Waals surface area contributed by atoms with Gasteiger partial charge in [0.2, 0.25) is 29.5 Å². The molecule has 0 fully saturated rings. The van der Waals surface area contributed by atoms with Crippen LogP contribution in [-0.2, 0) is 59.5 Å². The minimum atomic E-state index is -1.64. The maximum atomic E-state index is 15.2. The number of nitrogens with one attached hydrogen (secondary N) is 5. The average Bonchev–Trinajstić information content (AvgIpc) is 3.60. The summed E-state index contributed by atoms with van der Waals surface area (Å²) in [7, 11) is 0. The van der Waals surface area contributed by atoms with Crippen molar-refractivity contribution in [2.45, 2.75) is 70.4 Å². The van der Waals surface area contributed by atoms with Gasteiger partial charge in [-0.05, 0) is 54.5 Å². The highest BCUT2D eigenvalue weighted by molar-refractivity contribution is 5.94. The molecule has 4 heterocycles. The Bertz CT molecular complexity index is 2460. The number of benzene rings is 2. The molecule has 8 N–H and O–H groups in total. The van der Waals surface area contributed by atoms with Gasteiger partial charge in [0.15, 0.2) is 6.10 Å². The van der Waals surface area contributed by atoms with Crippen LogP contribution in [0.2, 0.25) is 0 Å². The molecule has 18 heteroatoms. The monoisotopic (exact) mass is 810 g/mol. The van der Waals surface area contributed by atoms with Crippen molar-refractivity contribution in [2.24, 2.45) is 5.73 Å². The Morgan fingerprint density at radius 1 is 0.983 bits per heavy atom. The third-order valence-electron chi connectivity index (χ3n) is 10.9. The highest BCUT2D eigenvalue weighted by atomic mass is 19.1. The Morgan fingerprint density at radius 3 is 2.51 bits per heavy atom. The zero-order valence-corrected chi connectivity index (χ0v) is 32.1. The number of ether oxygens (including phenoxy) is 1. The lowest BCUT2D eigenvalue weighted by Crippen LogP contribution is -2.52. The van der Waals surface area contributed by atoms with E-state index in [1.54, 1.807) is 43.3 Å². The van der Waals surface area contributed by atoms with Gasteiger partial charge in [-0.2, -0.15) is 0 Å². The van der Waals surface area contributed by atoms with Gasteiger partial charge >= 0.3 is 5.97 Å². The summed E-state index contributed by atoms with van der Waals surface area (Å²) in [4.78, 5) is 93.6. The molecule has 7 rings (SSSR count). The van der Waals surface area contributed by atoms with Gasteiger partial charge in [-0.3, -0.25) is 28.8 Å². The van der Waals surface area contributed by atoms with Gasteiger partial charge in [-0.15, -0.1) is 0 Å². The number of carbonyl (C=O) groups is 6. The maximum absolute atomic E-state index is 15.2. The summed E-state index contributed by atoms with van der Waals surface area (Å²) in [6.45, 7) is 0.574. The number of esters is 1. The van der Waals surface area contributed by atoms with Crippen molar-refractivity contribution < 1.29 is 43.0 Å². The molecule has 0 saturated carbocycles. The standard InChI is InChI=1S/C41H43FN8O9/c1-20-22-9-10-27(36-24-18-50-30(37(24)49-28(35(22)36)14-26(20)42)13-23-25(40(50)57)19-59-41(58)38(23)55)47-31(51)8-5-11-44-33(53)16-46-39(56)29(12-21-6-3-2-4-7-21)48-34(54)17-45-32(52)15-43/h2-4,6-7,13-14,27,29,38,55H,5,8-12,15-19,43H2,1H3,(H,44,53)(H,45,52)(H,46,56)(H,47,51)(H,48,54)/t27-,29+,38-/m0/s1. The quantitative estimate of drug-likeness (QED) is 0.0575. The average molecular weight is 811 g/mol. The Morgan fingerprint density at radius 2 is 1.75 bits per heavy atom. The molecule has 5 amide bonds. The van der Waals surface area contributed by atoms with Gasteiger partial charge in [-0.25, -0.2) is 14.2 Å². The Hall–Kier alpha value is -6.53. The zero-order chi connectivity index (χ0) is 42.0. The zero-order valence-electron chi connectivity index (χ0n) is 32.1. The first-order valence-electron chi connectivity index (χ1n) is 19.2. The van der Waals surface area contributed by atoms with Crippen molar-refractivity contribution in [1.82, 2.24) is 36.1 Å². The van der Waals surface area contributed by atoms with Crippen molar-refractivity contribution in [3.05, 3.63) is 97.6 Å². The molecule has 59 heavy (non-hydrogen) atoms. The number of pyridine rings is 2. The van der Waals surface area contributed by atoms with Gasteiger partial charge in [-0.1, -0.05) is 30.3 Å². The summed E-state index contributed by atoms with van der Waals surface area (Å²) in [5.41, 5.74) is 9.65. The lowest BCUT2D eigenvalue weighted by atomic mass is 9.81. The molecular weight excluding hydrogens is 767 g/mol. The predicted octanol–water partition coefficient (Wildman–Crippen LogP) is -0.119. The number of aromatic nitrogens is 2. The molecule has 1 aliphatic carbocycles. The number of halogens is 1. The van der Waals surface area contributed by atoms with Crippen LogP contribution in [0, 0.1) is 12.7 Å². The number of rotatable bonds is 14. The van der Waals surface area contributed by atoms with Crippen LogP contribution >= 0.6 is 0 Å². The molecule has 4 aromatic rings. The Kier molecular flexibility index (Phi) is 11.8. The number of amides is 5. The van der Waals surface area contributed by atoms with Gasteiger partial charge in [0.1, 0.15) is 18.5 Å². The predicted molar refractivity (Wildman–Crippen MR) is 209 cm³/mol. The van der Waals surface area contributed by atoms with E-state index >= 15 is 4.39 Å². The number of aliphatic hydroxyl groups is 1. The third-order valence-corrected chi connectivity index (χ3v) is 10.9. The van der Waals surface area contributed by atoms with Crippen LogP contribution in [0.15, 0.2) is 47.3 Å². The number of carbonyl (C=O) groups excluding carboxylic acids is 6. The van der Waals surface area contributed by atoms with Crippen molar-refractivity contribution in [3.8, 4) is 11.4 Å². The van der Waals surface area contributed by atoms with E-state index in [4.69, 9.17) is 15.5 Å². The minimum absolute atomic E-state index is 0.0407. The van der Waals surface area contributed by atoms with Crippen LogP contribution in [0.25, 0.3) is 22.3 Å². The summed E-state index contributed by atoms with van der Waals surface area (Å²) >= 11 is 0. The van der Waals surface area contributed by atoms with E-state index in [9.17, 15) is 38.7 Å². The normalized spacial score (nSPS) is 16.5. The van der Waals surface area contributed by atoms with E-state index in [1.165, 1.54) is 10.6 Å². The van der Waals surface area contributed by atoms with Crippen molar-refractivity contribution in [1.29, 1.82) is 0 Å². The van der Waals surface area contributed by atoms with Crippen LogP contribution in [0.4, 0.5) is 4.39 Å². The molecule has 0 bridgehead atoms. The number of nitrogens with zero attached hydrogens (tertiary/aromatic N) is 2. The topological polar surface area (TPSA) is 253 Å². The molecular formula is C41H43FN8O9. The van der Waals surface area contributed by atoms with Crippen LogP contribution in [-0.4, -0.2) is 82.4 Å². The largest absolute Gasteiger partial charge is 0.458 e. The first-order valence-corrected chi connectivity index (χ1v) is 19.2. The highest BCUT2D eigenvalue weighted by Gasteiger charge is 2.37. The van der Waals surface area contributed by atoms with Crippen LogP contribution in [0.3, 0.4) is 0 Å². The Labute approximate surface area is 336 Å². The molecule has 0 saturated heterocycles. The SMILES string of the molecule is Cc1c(F)cc2nc3c(c4c2c1CC[C@@H]4NC(=O)CCCNC(=O)CNC(=O)[C@@H](Cc1ccccc1)NC(=O)CNC(=O)CN)Cn1c-3cc2c(c1=O)COC(=O)[C@H]2O. The second-order valence-corrected chi connectivity index (χ2v) is 14.7. The van der Waals surface area contributed by atoms with Crippen LogP contribution < -0.4 is 37.9 Å². The number of aryl methyl sites for hydroxylation is 1. The molecule has 0 spiro atoms. The number of hydrogen-bond acceptors (Lipinski definition) is 11. The first-order chi connectivity index (χ1) is 28.3. The number of hydrogen-bond donors (Lipinski definition) is 7. The van der Waals surface area contributed by atoms with Crippen LogP contribution in [0.5, 0.6) is 0 Å². The van der Waals surface area contributed by atoms with Gasteiger partial charge in [0, 0.05) is 42.0 Å². The summed E-state index contributed by atoms with van der Waals surface area (Å²) in [6.07, 6.45) is -0.288. The summed E-state index contributed by atoms with van der Waals surface area (Å²) in [5, 5.41) is 24.5. The molecule has 0 unspecified atom stereocenters. The summed E-state index contributed by atoms with van der Waals surface area (Å²) in [5.74, 6) is -3.87. The minimum Gasteiger partial charge on any atom is -0.458 e. The number of fused-ring (bicyclic) bond motifs is 5.